The molecule has 1 aromatic heterocycles. The fourth-order valence-electron chi connectivity index (χ4n) is 1.81. The van der Waals surface area contributed by atoms with Crippen molar-refractivity contribution in [2.75, 3.05) is 5.32 Å². The van der Waals surface area contributed by atoms with Crippen LogP contribution in [0.2, 0.25) is 5.15 Å². The number of nitro groups is 1. The number of aromatic nitrogens is 2. The molecule has 0 bridgehead atoms. The molecule has 2 rings (SSSR count). The Morgan fingerprint density at radius 1 is 1.33 bits per heavy atom. The lowest BCUT2D eigenvalue weighted by atomic mass is 10.2. The molecular weight excluding hydrogens is 292 g/mol. The van der Waals surface area contributed by atoms with E-state index in [0.717, 1.165) is 0 Å². The molecule has 7 heteroatoms. The molecule has 0 saturated heterocycles. The van der Waals surface area contributed by atoms with E-state index in [2.05, 4.69) is 15.3 Å². The molecule has 0 spiro atoms. The largest absolute Gasteiger partial charge is 0.366 e. The topological polar surface area (TPSA) is 81.0 Å². The van der Waals surface area contributed by atoms with E-state index in [1.807, 2.05) is 13.8 Å². The summed E-state index contributed by atoms with van der Waals surface area (Å²) in [5.74, 6) is 1.33. The fraction of sp³-hybridized carbons (Fsp3) is 0.286. The number of para-hydroxylation sites is 1. The second-order valence-electron chi connectivity index (χ2n) is 4.83. The lowest BCUT2D eigenvalue weighted by Gasteiger charge is -2.10. The minimum absolute atomic E-state index is 0.0780. The molecule has 0 saturated carbocycles. The summed E-state index contributed by atoms with van der Waals surface area (Å²) in [7, 11) is 0. The first-order chi connectivity index (χ1) is 9.97. The van der Waals surface area contributed by atoms with E-state index in [4.69, 9.17) is 11.6 Å². The van der Waals surface area contributed by atoms with E-state index in [1.165, 1.54) is 6.07 Å². The molecule has 1 aromatic carbocycles. The summed E-state index contributed by atoms with van der Waals surface area (Å²) in [5.41, 5.74) is 0.664. The van der Waals surface area contributed by atoms with Gasteiger partial charge < -0.3 is 5.32 Å². The lowest BCUT2D eigenvalue weighted by molar-refractivity contribution is -0.385. The van der Waals surface area contributed by atoms with Crippen molar-refractivity contribution in [1.29, 1.82) is 0 Å². The maximum atomic E-state index is 11.0. The van der Waals surface area contributed by atoms with Gasteiger partial charge in [0.05, 0.1) is 4.92 Å². The summed E-state index contributed by atoms with van der Waals surface area (Å²) in [4.78, 5) is 19.0. The summed E-state index contributed by atoms with van der Waals surface area (Å²) in [6, 6.07) is 8.18. The van der Waals surface area contributed by atoms with Crippen molar-refractivity contribution in [3.8, 4) is 0 Å². The van der Waals surface area contributed by atoms with Crippen LogP contribution in [0.5, 0.6) is 0 Å². The zero-order chi connectivity index (χ0) is 15.4. The number of nitrogens with zero attached hydrogens (tertiary/aromatic N) is 3. The van der Waals surface area contributed by atoms with E-state index in [9.17, 15) is 10.1 Å². The van der Waals surface area contributed by atoms with Gasteiger partial charge in [-0.2, -0.15) is 0 Å². The van der Waals surface area contributed by atoms with Gasteiger partial charge in [0.25, 0.3) is 5.69 Å². The van der Waals surface area contributed by atoms with Crippen molar-refractivity contribution in [3.05, 3.63) is 57.0 Å². The molecule has 0 aliphatic heterocycles. The molecule has 21 heavy (non-hydrogen) atoms. The Morgan fingerprint density at radius 3 is 2.71 bits per heavy atom. The Morgan fingerprint density at radius 2 is 2.05 bits per heavy atom. The van der Waals surface area contributed by atoms with E-state index < -0.39 is 4.92 Å². The Labute approximate surface area is 127 Å². The number of nitrogens with one attached hydrogen (secondary N) is 1. The van der Waals surface area contributed by atoms with Crippen LogP contribution in [-0.4, -0.2) is 14.9 Å². The summed E-state index contributed by atoms with van der Waals surface area (Å²) < 4.78 is 0. The van der Waals surface area contributed by atoms with E-state index >= 15 is 0 Å². The quantitative estimate of drug-likeness (QED) is 0.516. The molecule has 2 aromatic rings. The van der Waals surface area contributed by atoms with E-state index in [-0.39, 0.29) is 11.6 Å². The molecule has 0 fully saturated rings. The van der Waals surface area contributed by atoms with Crippen molar-refractivity contribution in [2.45, 2.75) is 26.3 Å². The molecule has 1 heterocycles. The molecule has 6 nitrogen and oxygen atoms in total. The minimum Gasteiger partial charge on any atom is -0.366 e. The zero-order valence-corrected chi connectivity index (χ0v) is 12.5. The molecule has 0 unspecified atom stereocenters. The summed E-state index contributed by atoms with van der Waals surface area (Å²) in [6.45, 7) is 4.23. The Kier molecular flexibility index (Phi) is 4.70. The van der Waals surface area contributed by atoms with Crippen LogP contribution in [0.15, 0.2) is 30.3 Å². The van der Waals surface area contributed by atoms with Crippen molar-refractivity contribution < 1.29 is 4.92 Å². The van der Waals surface area contributed by atoms with Gasteiger partial charge in [-0.3, -0.25) is 10.1 Å². The highest BCUT2D eigenvalue weighted by atomic mass is 35.5. The predicted molar refractivity (Wildman–Crippen MR) is 81.6 cm³/mol. The first-order valence-electron chi connectivity index (χ1n) is 6.48. The molecule has 0 amide bonds. The standard InChI is InChI=1S/C14H15ClN4O2/c1-9(2)14-17-12(15)7-13(18-14)16-8-10-5-3-4-6-11(10)19(20)21/h3-7,9H,8H2,1-2H3,(H,16,17,18). The molecule has 110 valence electrons. The summed E-state index contributed by atoms with van der Waals surface area (Å²) in [5, 5.41) is 14.4. The molecular formula is C14H15ClN4O2. The van der Waals surface area contributed by atoms with Crippen molar-refractivity contribution >= 4 is 23.1 Å². The van der Waals surface area contributed by atoms with Gasteiger partial charge in [-0.05, 0) is 0 Å². The third-order valence-electron chi connectivity index (χ3n) is 2.88. The number of hydrogen-bond acceptors (Lipinski definition) is 5. The fourth-order valence-corrected chi connectivity index (χ4v) is 2.00. The van der Waals surface area contributed by atoms with E-state index in [1.54, 1.807) is 24.3 Å². The lowest BCUT2D eigenvalue weighted by Crippen LogP contribution is -2.07. The number of anilines is 1. The van der Waals surface area contributed by atoms with Crippen LogP contribution in [0.25, 0.3) is 0 Å². The molecule has 0 aliphatic carbocycles. The normalized spacial score (nSPS) is 10.7. The summed E-state index contributed by atoms with van der Waals surface area (Å²) >= 11 is 5.96. The number of benzene rings is 1. The zero-order valence-electron chi connectivity index (χ0n) is 11.7. The van der Waals surface area contributed by atoms with Crippen LogP contribution in [0.1, 0.15) is 31.2 Å². The van der Waals surface area contributed by atoms with Crippen LogP contribution < -0.4 is 5.32 Å². The highest BCUT2D eigenvalue weighted by Crippen LogP contribution is 2.21. The first-order valence-corrected chi connectivity index (χ1v) is 6.86. The molecule has 0 atom stereocenters. The minimum atomic E-state index is -0.399. The van der Waals surface area contributed by atoms with Gasteiger partial charge in [0.15, 0.2) is 0 Å². The van der Waals surface area contributed by atoms with Crippen LogP contribution in [-0.2, 0) is 6.54 Å². The number of halogens is 1. The third-order valence-corrected chi connectivity index (χ3v) is 3.07. The Balaban J connectivity index is 2.19. The van der Waals surface area contributed by atoms with Gasteiger partial charge in [-0.15, -0.1) is 0 Å². The SMILES string of the molecule is CC(C)c1nc(Cl)cc(NCc2ccccc2[N+](=O)[O-])n1. The van der Waals surface area contributed by atoms with Gasteiger partial charge in [-0.1, -0.05) is 43.6 Å². The van der Waals surface area contributed by atoms with Gasteiger partial charge in [0.1, 0.15) is 16.8 Å². The van der Waals surface area contributed by atoms with E-state index in [0.29, 0.717) is 28.9 Å². The van der Waals surface area contributed by atoms with Crippen molar-refractivity contribution in [1.82, 2.24) is 9.97 Å². The second-order valence-corrected chi connectivity index (χ2v) is 5.22. The van der Waals surface area contributed by atoms with Gasteiger partial charge >= 0.3 is 0 Å². The van der Waals surface area contributed by atoms with Crippen LogP contribution in [0.3, 0.4) is 0 Å². The van der Waals surface area contributed by atoms with Gasteiger partial charge in [0.2, 0.25) is 0 Å². The first kappa shape index (κ1) is 15.2. The van der Waals surface area contributed by atoms with Gasteiger partial charge in [-0.25, -0.2) is 9.97 Å². The number of nitro benzene ring substituents is 1. The van der Waals surface area contributed by atoms with Crippen LogP contribution in [0.4, 0.5) is 11.5 Å². The highest BCUT2D eigenvalue weighted by Gasteiger charge is 2.13. The highest BCUT2D eigenvalue weighted by molar-refractivity contribution is 6.29. The number of hydrogen-bond donors (Lipinski definition) is 1. The Bertz CT molecular complexity index is 661. The van der Waals surface area contributed by atoms with Crippen molar-refractivity contribution in [3.63, 3.8) is 0 Å². The predicted octanol–water partition coefficient (Wildman–Crippen LogP) is 3.77. The maximum absolute atomic E-state index is 11.0. The molecule has 0 radical (unpaired) electrons. The van der Waals surface area contributed by atoms with Gasteiger partial charge in [0, 0.05) is 30.2 Å². The van der Waals surface area contributed by atoms with Crippen LogP contribution >= 0.6 is 11.6 Å². The van der Waals surface area contributed by atoms with Crippen molar-refractivity contribution in [2.24, 2.45) is 0 Å². The number of rotatable bonds is 5. The second kappa shape index (κ2) is 6.49. The monoisotopic (exact) mass is 306 g/mol. The van der Waals surface area contributed by atoms with Crippen LogP contribution in [0, 0.1) is 10.1 Å². The third kappa shape index (κ3) is 3.88. The Hall–Kier alpha value is -2.21. The molecule has 0 aliphatic rings. The smallest absolute Gasteiger partial charge is 0.274 e. The molecule has 1 N–H and O–H groups in total. The summed E-state index contributed by atoms with van der Waals surface area (Å²) in [6.07, 6.45) is 0. The average molecular weight is 307 g/mol. The average Bonchev–Trinajstić information content (AvgIpc) is 2.44. The maximum Gasteiger partial charge on any atom is 0.274 e.